The molecular formula is C22H26N6O2. The third-order valence-corrected chi connectivity index (χ3v) is 5.17. The molecule has 1 amide bonds. The smallest absolute Gasteiger partial charge is 0.223 e. The summed E-state index contributed by atoms with van der Waals surface area (Å²) < 4.78 is 5.61. The van der Waals surface area contributed by atoms with Crippen LogP contribution >= 0.6 is 0 Å². The maximum Gasteiger partial charge on any atom is 0.223 e. The summed E-state index contributed by atoms with van der Waals surface area (Å²) in [5.74, 6) is 2.18. The standard InChI is InChI=1S/C22H26N6O2/c1-15(2)22-27-26-20(30-22)10-11-21(29)28-13-5-6-18(28)17-9-8-16(14-24-17)25-19-7-3-4-12-23-19/h3-4,7-9,12,14-15,18H,5-6,10-11,13H2,1-2H3,(H,23,25)/t18-/m1/s1. The zero-order valence-electron chi connectivity index (χ0n) is 17.3. The first-order valence-electron chi connectivity index (χ1n) is 10.4. The fourth-order valence-electron chi connectivity index (χ4n) is 3.59. The molecule has 8 heteroatoms. The highest BCUT2D eigenvalue weighted by molar-refractivity contribution is 5.77. The zero-order valence-corrected chi connectivity index (χ0v) is 17.3. The molecule has 0 bridgehead atoms. The van der Waals surface area contributed by atoms with Crippen LogP contribution in [0.2, 0.25) is 0 Å². The van der Waals surface area contributed by atoms with E-state index >= 15 is 0 Å². The number of aromatic nitrogens is 4. The Morgan fingerprint density at radius 2 is 2.13 bits per heavy atom. The summed E-state index contributed by atoms with van der Waals surface area (Å²) in [4.78, 5) is 23.6. The van der Waals surface area contributed by atoms with Crippen LogP contribution in [-0.4, -0.2) is 37.5 Å². The van der Waals surface area contributed by atoms with Gasteiger partial charge in [0.05, 0.1) is 23.6 Å². The molecular weight excluding hydrogens is 380 g/mol. The van der Waals surface area contributed by atoms with Crippen LogP contribution in [0.1, 0.15) is 62.5 Å². The molecule has 1 fully saturated rings. The number of hydrogen-bond acceptors (Lipinski definition) is 7. The zero-order chi connectivity index (χ0) is 20.9. The number of carbonyl (C=O) groups excluding carboxylic acids is 1. The predicted octanol–water partition coefficient (Wildman–Crippen LogP) is 4.02. The summed E-state index contributed by atoms with van der Waals surface area (Å²) in [6.45, 7) is 4.75. The van der Waals surface area contributed by atoms with E-state index in [1.807, 2.05) is 49.1 Å². The number of hydrogen-bond donors (Lipinski definition) is 1. The molecule has 1 saturated heterocycles. The number of rotatable bonds is 7. The first-order chi connectivity index (χ1) is 14.6. The van der Waals surface area contributed by atoms with E-state index in [-0.39, 0.29) is 17.9 Å². The van der Waals surface area contributed by atoms with Crippen molar-refractivity contribution >= 4 is 17.4 Å². The van der Waals surface area contributed by atoms with Gasteiger partial charge in [0.15, 0.2) is 0 Å². The summed E-state index contributed by atoms with van der Waals surface area (Å²) in [6.07, 6.45) is 6.24. The molecule has 0 aliphatic carbocycles. The molecule has 3 aromatic rings. The molecule has 156 valence electrons. The lowest BCUT2D eigenvalue weighted by molar-refractivity contribution is -0.132. The van der Waals surface area contributed by atoms with Gasteiger partial charge in [-0.3, -0.25) is 9.78 Å². The molecule has 0 radical (unpaired) electrons. The molecule has 8 nitrogen and oxygen atoms in total. The van der Waals surface area contributed by atoms with Crippen molar-refractivity contribution in [3.8, 4) is 0 Å². The topological polar surface area (TPSA) is 97.0 Å². The van der Waals surface area contributed by atoms with Crippen molar-refractivity contribution in [1.82, 2.24) is 25.1 Å². The van der Waals surface area contributed by atoms with Crippen LogP contribution < -0.4 is 5.32 Å². The minimum atomic E-state index is 0.00955. The van der Waals surface area contributed by atoms with Crippen LogP contribution in [0, 0.1) is 0 Å². The third-order valence-electron chi connectivity index (χ3n) is 5.17. The Labute approximate surface area is 175 Å². The van der Waals surface area contributed by atoms with Crippen LogP contribution in [0.25, 0.3) is 0 Å². The van der Waals surface area contributed by atoms with Gasteiger partial charge in [-0.25, -0.2) is 4.98 Å². The Bertz CT molecular complexity index is 971. The lowest BCUT2D eigenvalue weighted by atomic mass is 10.1. The Morgan fingerprint density at radius 1 is 1.23 bits per heavy atom. The molecule has 4 heterocycles. The first-order valence-corrected chi connectivity index (χ1v) is 10.4. The number of carbonyl (C=O) groups is 1. The van der Waals surface area contributed by atoms with Crippen LogP contribution in [0.3, 0.4) is 0 Å². The van der Waals surface area contributed by atoms with Crippen molar-refractivity contribution < 1.29 is 9.21 Å². The van der Waals surface area contributed by atoms with E-state index in [1.54, 1.807) is 12.4 Å². The number of anilines is 2. The van der Waals surface area contributed by atoms with E-state index in [0.717, 1.165) is 36.6 Å². The second kappa shape index (κ2) is 9.02. The molecule has 1 N–H and O–H groups in total. The Hall–Kier alpha value is -3.29. The van der Waals surface area contributed by atoms with E-state index in [4.69, 9.17) is 4.42 Å². The minimum Gasteiger partial charge on any atom is -0.425 e. The molecule has 30 heavy (non-hydrogen) atoms. The van der Waals surface area contributed by atoms with Gasteiger partial charge in [-0.2, -0.15) is 0 Å². The molecule has 3 aromatic heterocycles. The highest BCUT2D eigenvalue weighted by Crippen LogP contribution is 2.32. The summed E-state index contributed by atoms with van der Waals surface area (Å²) in [7, 11) is 0. The van der Waals surface area contributed by atoms with Crippen molar-refractivity contribution in [3.63, 3.8) is 0 Å². The van der Waals surface area contributed by atoms with Crippen LogP contribution in [0.5, 0.6) is 0 Å². The minimum absolute atomic E-state index is 0.00955. The largest absolute Gasteiger partial charge is 0.425 e. The lowest BCUT2D eigenvalue weighted by Crippen LogP contribution is -2.31. The van der Waals surface area contributed by atoms with Crippen molar-refractivity contribution in [2.24, 2.45) is 0 Å². The van der Waals surface area contributed by atoms with Gasteiger partial charge in [-0.05, 0) is 37.1 Å². The third kappa shape index (κ3) is 4.64. The SMILES string of the molecule is CC(C)c1nnc(CCC(=O)N2CCC[C@@H]2c2ccc(Nc3ccccn3)cn2)o1. The number of aryl methyl sites for hydroxylation is 1. The lowest BCUT2D eigenvalue weighted by Gasteiger charge is -2.24. The fourth-order valence-corrected chi connectivity index (χ4v) is 3.59. The Kier molecular flexibility index (Phi) is 6.02. The summed E-state index contributed by atoms with van der Waals surface area (Å²) in [5.41, 5.74) is 1.78. The summed E-state index contributed by atoms with van der Waals surface area (Å²) in [6, 6.07) is 9.67. The normalized spacial score (nSPS) is 16.2. The van der Waals surface area contributed by atoms with Gasteiger partial charge in [0.1, 0.15) is 5.82 Å². The molecule has 0 saturated carbocycles. The number of likely N-dealkylation sites (tertiary alicyclic amines) is 1. The monoisotopic (exact) mass is 406 g/mol. The number of amides is 1. The maximum absolute atomic E-state index is 12.8. The Balaban J connectivity index is 1.37. The quantitative estimate of drug-likeness (QED) is 0.633. The van der Waals surface area contributed by atoms with Crippen molar-refractivity contribution in [1.29, 1.82) is 0 Å². The number of pyridine rings is 2. The van der Waals surface area contributed by atoms with Crippen LogP contribution in [0.4, 0.5) is 11.5 Å². The van der Waals surface area contributed by atoms with Gasteiger partial charge in [-0.15, -0.1) is 10.2 Å². The molecule has 1 aliphatic heterocycles. The molecule has 0 spiro atoms. The van der Waals surface area contributed by atoms with Crippen molar-refractivity contribution in [2.75, 3.05) is 11.9 Å². The van der Waals surface area contributed by atoms with Gasteiger partial charge in [0.25, 0.3) is 0 Å². The van der Waals surface area contributed by atoms with Gasteiger partial charge in [-0.1, -0.05) is 19.9 Å². The molecule has 1 aliphatic rings. The second-order valence-electron chi connectivity index (χ2n) is 7.75. The van der Waals surface area contributed by atoms with Gasteiger partial charge in [0.2, 0.25) is 17.7 Å². The Morgan fingerprint density at radius 3 is 2.83 bits per heavy atom. The van der Waals surface area contributed by atoms with E-state index in [9.17, 15) is 4.79 Å². The maximum atomic E-state index is 12.8. The van der Waals surface area contributed by atoms with Crippen LogP contribution in [0.15, 0.2) is 47.1 Å². The van der Waals surface area contributed by atoms with Crippen LogP contribution in [-0.2, 0) is 11.2 Å². The highest BCUT2D eigenvalue weighted by Gasteiger charge is 2.30. The van der Waals surface area contributed by atoms with Gasteiger partial charge in [0, 0.05) is 31.5 Å². The average Bonchev–Trinajstić information content (AvgIpc) is 3.43. The number of nitrogens with one attached hydrogen (secondary N) is 1. The van der Waals surface area contributed by atoms with E-state index < -0.39 is 0 Å². The van der Waals surface area contributed by atoms with Gasteiger partial charge >= 0.3 is 0 Å². The second-order valence-corrected chi connectivity index (χ2v) is 7.75. The van der Waals surface area contributed by atoms with Gasteiger partial charge < -0.3 is 14.6 Å². The predicted molar refractivity (Wildman–Crippen MR) is 112 cm³/mol. The average molecular weight is 406 g/mol. The molecule has 0 aromatic carbocycles. The fraction of sp³-hybridized carbons (Fsp3) is 0.409. The summed E-state index contributed by atoms with van der Waals surface area (Å²) >= 11 is 0. The number of nitrogens with zero attached hydrogens (tertiary/aromatic N) is 5. The van der Waals surface area contributed by atoms with E-state index in [1.165, 1.54) is 0 Å². The highest BCUT2D eigenvalue weighted by atomic mass is 16.4. The summed E-state index contributed by atoms with van der Waals surface area (Å²) in [5, 5.41) is 11.3. The molecule has 0 unspecified atom stereocenters. The van der Waals surface area contributed by atoms with E-state index in [0.29, 0.717) is 24.6 Å². The molecule has 4 rings (SSSR count). The van der Waals surface area contributed by atoms with Crippen molar-refractivity contribution in [2.45, 2.75) is 51.5 Å². The first kappa shape index (κ1) is 20.0. The van der Waals surface area contributed by atoms with E-state index in [2.05, 4.69) is 25.5 Å². The van der Waals surface area contributed by atoms with Crippen molar-refractivity contribution in [3.05, 3.63) is 60.2 Å². The molecule has 1 atom stereocenters.